The summed E-state index contributed by atoms with van der Waals surface area (Å²) in [6, 6.07) is 15.0. The smallest absolute Gasteiger partial charge is 0.276 e. The van der Waals surface area contributed by atoms with Gasteiger partial charge in [-0.1, -0.05) is 47.7 Å². The van der Waals surface area contributed by atoms with Gasteiger partial charge in [0, 0.05) is 13.6 Å². The number of fused-ring (bicyclic) bond motifs is 1. The van der Waals surface area contributed by atoms with Gasteiger partial charge in [0.15, 0.2) is 5.69 Å². The molecule has 1 aromatic heterocycles. The molecule has 6 nitrogen and oxygen atoms in total. The fourth-order valence-corrected chi connectivity index (χ4v) is 4.02. The monoisotopic (exact) mass is 377 g/mol. The van der Waals surface area contributed by atoms with Crippen molar-refractivity contribution in [1.29, 1.82) is 0 Å². The van der Waals surface area contributed by atoms with E-state index in [9.17, 15) is 4.79 Å². The first-order valence-electron chi connectivity index (χ1n) is 10.00. The molecule has 0 saturated carbocycles. The van der Waals surface area contributed by atoms with Crippen molar-refractivity contribution in [2.24, 2.45) is 0 Å². The van der Waals surface area contributed by atoms with E-state index in [1.165, 1.54) is 16.3 Å². The molecule has 1 saturated heterocycles. The minimum Gasteiger partial charge on any atom is -0.340 e. The molecule has 4 rings (SSSR count). The molecule has 1 aliphatic heterocycles. The Morgan fingerprint density at radius 1 is 1.18 bits per heavy atom. The molecule has 1 amide bonds. The number of carbonyl (C=O) groups is 1. The van der Waals surface area contributed by atoms with Crippen LogP contribution in [0.2, 0.25) is 0 Å². The summed E-state index contributed by atoms with van der Waals surface area (Å²) in [5.74, 6) is -0.0575. The molecule has 0 atom stereocenters. The number of piperidine rings is 1. The normalized spacial score (nSPS) is 15.1. The number of benzene rings is 2. The van der Waals surface area contributed by atoms with Gasteiger partial charge in [-0.3, -0.25) is 4.79 Å². The van der Waals surface area contributed by atoms with Gasteiger partial charge < -0.3 is 10.2 Å². The summed E-state index contributed by atoms with van der Waals surface area (Å²) in [5, 5.41) is 14.4. The summed E-state index contributed by atoms with van der Waals surface area (Å²) in [6.45, 7) is 4.57. The minimum absolute atomic E-state index is 0.0575. The highest BCUT2D eigenvalue weighted by Crippen LogP contribution is 2.22. The molecule has 0 unspecified atom stereocenters. The number of hydrogen-bond donors (Lipinski definition) is 1. The largest absolute Gasteiger partial charge is 0.340 e. The van der Waals surface area contributed by atoms with Crippen molar-refractivity contribution in [3.63, 3.8) is 0 Å². The lowest BCUT2D eigenvalue weighted by Gasteiger charge is -2.23. The average molecular weight is 377 g/mol. The highest BCUT2D eigenvalue weighted by Gasteiger charge is 2.24. The van der Waals surface area contributed by atoms with Gasteiger partial charge in [-0.25, -0.2) is 4.68 Å². The molecule has 1 aliphatic rings. The molecule has 3 aromatic rings. The molecule has 146 valence electrons. The van der Waals surface area contributed by atoms with E-state index in [4.69, 9.17) is 0 Å². The maximum absolute atomic E-state index is 12.9. The van der Waals surface area contributed by atoms with E-state index < -0.39 is 0 Å². The Kier molecular flexibility index (Phi) is 5.39. The van der Waals surface area contributed by atoms with Crippen LogP contribution >= 0.6 is 0 Å². The maximum Gasteiger partial charge on any atom is 0.276 e. The summed E-state index contributed by atoms with van der Waals surface area (Å²) in [6.07, 6.45) is 2.86. The van der Waals surface area contributed by atoms with Crippen LogP contribution in [0.1, 0.15) is 40.6 Å². The molecular weight excluding hydrogens is 350 g/mol. The van der Waals surface area contributed by atoms with Crippen LogP contribution in [-0.4, -0.2) is 52.5 Å². The number of rotatable bonds is 5. The van der Waals surface area contributed by atoms with E-state index in [-0.39, 0.29) is 5.91 Å². The van der Waals surface area contributed by atoms with E-state index in [1.807, 2.05) is 18.7 Å². The zero-order valence-corrected chi connectivity index (χ0v) is 16.6. The molecule has 1 fully saturated rings. The van der Waals surface area contributed by atoms with Crippen LogP contribution in [0.5, 0.6) is 0 Å². The standard InChI is InChI=1S/C22H27N5O/c1-16-21(24-25-27(16)19-10-13-23-14-11-19)22(28)26(2)15-12-18-8-5-7-17-6-3-4-9-20(17)18/h3-9,19,23H,10-15H2,1-2H3. The zero-order valence-electron chi connectivity index (χ0n) is 16.6. The highest BCUT2D eigenvalue weighted by molar-refractivity contribution is 5.93. The predicted octanol–water partition coefficient (Wildman–Crippen LogP) is 2.98. The minimum atomic E-state index is -0.0575. The van der Waals surface area contributed by atoms with Gasteiger partial charge in [-0.05, 0) is 55.6 Å². The van der Waals surface area contributed by atoms with Crippen LogP contribution in [0.3, 0.4) is 0 Å². The van der Waals surface area contributed by atoms with Crippen LogP contribution in [0.4, 0.5) is 0 Å². The summed E-state index contributed by atoms with van der Waals surface area (Å²) in [5.41, 5.74) is 2.60. The van der Waals surface area contributed by atoms with Crippen molar-refractivity contribution in [2.75, 3.05) is 26.7 Å². The van der Waals surface area contributed by atoms with Crippen LogP contribution < -0.4 is 5.32 Å². The lowest BCUT2D eigenvalue weighted by atomic mass is 10.0. The van der Waals surface area contributed by atoms with Crippen LogP contribution in [0.15, 0.2) is 42.5 Å². The fourth-order valence-electron chi connectivity index (χ4n) is 4.02. The number of nitrogens with one attached hydrogen (secondary N) is 1. The molecule has 0 aliphatic carbocycles. The van der Waals surface area contributed by atoms with E-state index in [2.05, 4.69) is 58.1 Å². The van der Waals surface area contributed by atoms with Crippen molar-refractivity contribution >= 4 is 16.7 Å². The Morgan fingerprint density at radius 2 is 1.93 bits per heavy atom. The molecule has 0 spiro atoms. The summed E-state index contributed by atoms with van der Waals surface area (Å²) >= 11 is 0. The Morgan fingerprint density at radius 3 is 2.75 bits per heavy atom. The number of amides is 1. The molecule has 28 heavy (non-hydrogen) atoms. The Labute approximate surface area is 165 Å². The molecular formula is C22H27N5O. The average Bonchev–Trinajstić information content (AvgIpc) is 3.13. The third-order valence-corrected chi connectivity index (χ3v) is 5.73. The van der Waals surface area contributed by atoms with Crippen molar-refractivity contribution < 1.29 is 4.79 Å². The second-order valence-corrected chi connectivity index (χ2v) is 7.56. The fraction of sp³-hybridized carbons (Fsp3) is 0.409. The van der Waals surface area contributed by atoms with E-state index >= 15 is 0 Å². The number of hydrogen-bond acceptors (Lipinski definition) is 4. The van der Waals surface area contributed by atoms with Gasteiger partial charge in [0.05, 0.1) is 11.7 Å². The summed E-state index contributed by atoms with van der Waals surface area (Å²) in [7, 11) is 1.84. The molecule has 1 N–H and O–H groups in total. The number of aromatic nitrogens is 3. The van der Waals surface area contributed by atoms with E-state index in [0.717, 1.165) is 38.0 Å². The van der Waals surface area contributed by atoms with Gasteiger partial charge in [0.2, 0.25) is 0 Å². The van der Waals surface area contributed by atoms with Crippen molar-refractivity contribution in [1.82, 2.24) is 25.2 Å². The summed E-state index contributed by atoms with van der Waals surface area (Å²) < 4.78 is 1.94. The first-order chi connectivity index (χ1) is 13.6. The lowest BCUT2D eigenvalue weighted by molar-refractivity contribution is 0.0790. The molecule has 2 heterocycles. The SMILES string of the molecule is Cc1c(C(=O)N(C)CCc2cccc3ccccc23)nnn1C1CCNCC1. The van der Waals surface area contributed by atoms with Crippen LogP contribution in [-0.2, 0) is 6.42 Å². The second-order valence-electron chi connectivity index (χ2n) is 7.56. The van der Waals surface area contributed by atoms with Crippen molar-refractivity contribution in [2.45, 2.75) is 32.2 Å². The van der Waals surface area contributed by atoms with Crippen LogP contribution in [0.25, 0.3) is 10.8 Å². The van der Waals surface area contributed by atoms with Crippen molar-refractivity contribution in [3.05, 3.63) is 59.4 Å². The maximum atomic E-state index is 12.9. The predicted molar refractivity (Wildman–Crippen MR) is 111 cm³/mol. The van der Waals surface area contributed by atoms with Gasteiger partial charge in [-0.2, -0.15) is 0 Å². The highest BCUT2D eigenvalue weighted by atomic mass is 16.2. The van der Waals surface area contributed by atoms with Gasteiger partial charge >= 0.3 is 0 Å². The van der Waals surface area contributed by atoms with Crippen LogP contribution in [0, 0.1) is 6.92 Å². The Hall–Kier alpha value is -2.73. The summed E-state index contributed by atoms with van der Waals surface area (Å²) in [4.78, 5) is 14.7. The molecule has 2 aromatic carbocycles. The van der Waals surface area contributed by atoms with E-state index in [1.54, 1.807) is 4.90 Å². The molecule has 6 heteroatoms. The van der Waals surface area contributed by atoms with E-state index in [0.29, 0.717) is 18.3 Å². The third-order valence-electron chi connectivity index (χ3n) is 5.73. The number of nitrogens with zero attached hydrogens (tertiary/aromatic N) is 4. The van der Waals surface area contributed by atoms with Gasteiger partial charge in [0.1, 0.15) is 0 Å². The second kappa shape index (κ2) is 8.10. The van der Waals surface area contributed by atoms with Gasteiger partial charge in [-0.15, -0.1) is 5.10 Å². The number of likely N-dealkylation sites (N-methyl/N-ethyl adjacent to an activating group) is 1. The first-order valence-corrected chi connectivity index (χ1v) is 10.00. The Balaban J connectivity index is 1.45. The zero-order chi connectivity index (χ0) is 19.5. The topological polar surface area (TPSA) is 63.1 Å². The molecule has 0 bridgehead atoms. The Bertz CT molecular complexity index is 969. The lowest BCUT2D eigenvalue weighted by Crippen LogP contribution is -2.31. The third kappa shape index (κ3) is 3.64. The first kappa shape index (κ1) is 18.6. The molecule has 0 radical (unpaired) electrons. The van der Waals surface area contributed by atoms with Crippen molar-refractivity contribution in [3.8, 4) is 0 Å². The number of carbonyl (C=O) groups excluding carboxylic acids is 1. The quantitative estimate of drug-likeness (QED) is 0.742. The van der Waals surface area contributed by atoms with Gasteiger partial charge in [0.25, 0.3) is 5.91 Å².